The molecule has 0 fully saturated rings. The third-order valence-electron chi connectivity index (χ3n) is 3.78. The Morgan fingerprint density at radius 3 is 2.37 bits per heavy atom. The van der Waals surface area contributed by atoms with E-state index in [4.69, 9.17) is 11.6 Å². The summed E-state index contributed by atoms with van der Waals surface area (Å²) in [7, 11) is 0. The molecule has 6 heteroatoms. The number of allylic oxidation sites excluding steroid dienone is 1. The lowest BCUT2D eigenvalue weighted by atomic mass is 10.0. The van der Waals surface area contributed by atoms with Crippen LogP contribution in [-0.2, 0) is 4.79 Å². The van der Waals surface area contributed by atoms with E-state index in [0.717, 1.165) is 5.56 Å². The summed E-state index contributed by atoms with van der Waals surface area (Å²) in [6.07, 6.45) is 5.08. The van der Waals surface area contributed by atoms with Crippen molar-refractivity contribution < 1.29 is 9.59 Å². The Hall–Kier alpha value is -2.92. The minimum Gasteiger partial charge on any atom is -0.340 e. The second-order valence-electron chi connectivity index (χ2n) is 6.20. The molecule has 0 saturated heterocycles. The van der Waals surface area contributed by atoms with E-state index in [-0.39, 0.29) is 5.92 Å². The number of hydrogen-bond acceptors (Lipinski definition) is 3. The number of carbonyl (C=O) groups excluding carboxylic acids is 2. The molecule has 0 radical (unpaired) electrons. The van der Waals surface area contributed by atoms with Crippen LogP contribution in [0.1, 0.15) is 29.8 Å². The van der Waals surface area contributed by atoms with Crippen molar-refractivity contribution in [1.82, 2.24) is 10.7 Å². The largest absolute Gasteiger partial charge is 0.340 e. The number of nitrogens with one attached hydrogen (secondary N) is 2. The minimum absolute atomic E-state index is 0.119. The highest BCUT2D eigenvalue weighted by molar-refractivity contribution is 6.33. The third-order valence-corrected chi connectivity index (χ3v) is 4.11. The normalized spacial score (nSPS) is 12.4. The van der Waals surface area contributed by atoms with E-state index in [0.29, 0.717) is 10.6 Å². The van der Waals surface area contributed by atoms with Gasteiger partial charge in [-0.2, -0.15) is 5.10 Å². The van der Waals surface area contributed by atoms with Crippen molar-refractivity contribution in [1.29, 1.82) is 0 Å². The summed E-state index contributed by atoms with van der Waals surface area (Å²) in [5, 5.41) is 6.95. The molecule has 1 unspecified atom stereocenters. The Morgan fingerprint density at radius 1 is 1.04 bits per heavy atom. The average molecular weight is 384 g/mol. The smallest absolute Gasteiger partial charge is 0.262 e. The number of rotatable bonds is 7. The highest BCUT2D eigenvalue weighted by Crippen LogP contribution is 2.15. The van der Waals surface area contributed by atoms with Gasteiger partial charge in [-0.3, -0.25) is 9.59 Å². The zero-order valence-corrected chi connectivity index (χ0v) is 16.0. The van der Waals surface area contributed by atoms with Gasteiger partial charge in [-0.15, -0.1) is 0 Å². The monoisotopic (exact) mass is 383 g/mol. The Morgan fingerprint density at radius 2 is 1.70 bits per heavy atom. The number of benzene rings is 2. The van der Waals surface area contributed by atoms with Crippen molar-refractivity contribution in [3.8, 4) is 0 Å². The fourth-order valence-corrected chi connectivity index (χ4v) is 2.55. The molecular formula is C21H22ClN3O2. The van der Waals surface area contributed by atoms with Crippen molar-refractivity contribution in [2.24, 2.45) is 11.0 Å². The van der Waals surface area contributed by atoms with Gasteiger partial charge in [0.2, 0.25) is 0 Å². The first-order valence-electron chi connectivity index (χ1n) is 8.59. The van der Waals surface area contributed by atoms with Crippen LogP contribution in [-0.4, -0.2) is 24.1 Å². The standard InChI is InChI=1S/C21H22ClN3O2/c1-15(2)19(24-20(26)17-12-6-7-13-18(17)22)21(27)25-23-14-8-11-16-9-4-3-5-10-16/h3-15,19H,1-2H3,(H,24,26)(H,25,27)/b11-8+,23-14-. The summed E-state index contributed by atoms with van der Waals surface area (Å²) in [6.45, 7) is 3.69. The van der Waals surface area contributed by atoms with E-state index in [1.807, 2.05) is 50.3 Å². The van der Waals surface area contributed by atoms with Gasteiger partial charge in [-0.25, -0.2) is 5.43 Å². The molecule has 0 spiro atoms. The molecule has 0 aromatic heterocycles. The van der Waals surface area contributed by atoms with Gasteiger partial charge in [0, 0.05) is 6.21 Å². The first-order chi connectivity index (χ1) is 13.0. The summed E-state index contributed by atoms with van der Waals surface area (Å²) in [5.41, 5.74) is 3.81. The molecule has 0 aliphatic carbocycles. The number of nitrogens with zero attached hydrogens (tertiary/aromatic N) is 1. The molecule has 2 aromatic rings. The van der Waals surface area contributed by atoms with Crippen LogP contribution in [0, 0.1) is 5.92 Å². The van der Waals surface area contributed by atoms with Crippen molar-refractivity contribution in [3.05, 3.63) is 76.8 Å². The van der Waals surface area contributed by atoms with Crippen LogP contribution in [0.15, 0.2) is 65.8 Å². The van der Waals surface area contributed by atoms with Crippen LogP contribution >= 0.6 is 11.6 Å². The summed E-state index contributed by atoms with van der Waals surface area (Å²) in [6, 6.07) is 15.7. The van der Waals surface area contributed by atoms with Crippen molar-refractivity contribution in [2.45, 2.75) is 19.9 Å². The lowest BCUT2D eigenvalue weighted by Crippen LogP contribution is -2.48. The zero-order valence-electron chi connectivity index (χ0n) is 15.2. The van der Waals surface area contributed by atoms with Crippen LogP contribution < -0.4 is 10.7 Å². The van der Waals surface area contributed by atoms with Crippen molar-refractivity contribution in [3.63, 3.8) is 0 Å². The van der Waals surface area contributed by atoms with Gasteiger partial charge in [0.15, 0.2) is 0 Å². The highest BCUT2D eigenvalue weighted by Gasteiger charge is 2.25. The number of hydrazone groups is 1. The minimum atomic E-state index is -0.732. The maximum absolute atomic E-state index is 12.4. The van der Waals surface area contributed by atoms with Gasteiger partial charge < -0.3 is 5.32 Å². The van der Waals surface area contributed by atoms with Crippen LogP contribution in [0.2, 0.25) is 5.02 Å². The SMILES string of the molecule is CC(C)C(NC(=O)c1ccccc1Cl)C(=O)N/N=C\C=C\c1ccccc1. The number of halogens is 1. The second-order valence-corrected chi connectivity index (χ2v) is 6.61. The molecule has 0 saturated carbocycles. The molecule has 5 nitrogen and oxygen atoms in total. The molecule has 0 bridgehead atoms. The summed E-state index contributed by atoms with van der Waals surface area (Å²) in [5.74, 6) is -0.913. The number of amides is 2. The first-order valence-corrected chi connectivity index (χ1v) is 8.97. The van der Waals surface area contributed by atoms with Gasteiger partial charge in [-0.05, 0) is 29.7 Å². The molecule has 0 aliphatic rings. The quantitative estimate of drug-likeness (QED) is 0.562. The predicted octanol–water partition coefficient (Wildman–Crippen LogP) is 3.91. The van der Waals surface area contributed by atoms with E-state index < -0.39 is 17.9 Å². The molecular weight excluding hydrogens is 362 g/mol. The lowest BCUT2D eigenvalue weighted by molar-refractivity contribution is -0.123. The predicted molar refractivity (Wildman–Crippen MR) is 110 cm³/mol. The van der Waals surface area contributed by atoms with Crippen LogP contribution in [0.5, 0.6) is 0 Å². The first kappa shape index (κ1) is 20.4. The fraction of sp³-hybridized carbons (Fsp3) is 0.190. The molecule has 2 N–H and O–H groups in total. The summed E-state index contributed by atoms with van der Waals surface area (Å²) >= 11 is 6.04. The van der Waals surface area contributed by atoms with Gasteiger partial charge in [0.05, 0.1) is 10.6 Å². The van der Waals surface area contributed by atoms with E-state index in [1.165, 1.54) is 6.21 Å². The van der Waals surface area contributed by atoms with E-state index in [1.54, 1.807) is 30.3 Å². The molecule has 27 heavy (non-hydrogen) atoms. The van der Waals surface area contributed by atoms with Crippen LogP contribution in [0.4, 0.5) is 0 Å². The third kappa shape index (κ3) is 6.38. The average Bonchev–Trinajstić information content (AvgIpc) is 2.66. The topological polar surface area (TPSA) is 70.6 Å². The number of hydrogen-bond donors (Lipinski definition) is 2. The van der Waals surface area contributed by atoms with E-state index in [2.05, 4.69) is 15.8 Å². The Kier molecular flexibility index (Phi) is 7.77. The van der Waals surface area contributed by atoms with Gasteiger partial charge >= 0.3 is 0 Å². The number of carbonyl (C=O) groups is 2. The maximum Gasteiger partial charge on any atom is 0.262 e. The van der Waals surface area contributed by atoms with Gasteiger partial charge in [-0.1, -0.05) is 74.0 Å². The Labute approximate surface area is 164 Å². The fourth-order valence-electron chi connectivity index (χ4n) is 2.33. The van der Waals surface area contributed by atoms with Gasteiger partial charge in [0.25, 0.3) is 11.8 Å². The van der Waals surface area contributed by atoms with E-state index >= 15 is 0 Å². The van der Waals surface area contributed by atoms with Crippen LogP contribution in [0.25, 0.3) is 6.08 Å². The van der Waals surface area contributed by atoms with Gasteiger partial charge in [0.1, 0.15) is 6.04 Å². The van der Waals surface area contributed by atoms with Crippen LogP contribution in [0.3, 0.4) is 0 Å². The molecule has 0 aliphatic heterocycles. The molecule has 2 aromatic carbocycles. The maximum atomic E-state index is 12.4. The molecule has 1 atom stereocenters. The second kappa shape index (κ2) is 10.3. The molecule has 0 heterocycles. The van der Waals surface area contributed by atoms with Crippen molar-refractivity contribution >= 4 is 35.7 Å². The lowest BCUT2D eigenvalue weighted by Gasteiger charge is -2.20. The molecule has 2 amide bonds. The zero-order chi connectivity index (χ0) is 19.6. The molecule has 140 valence electrons. The summed E-state index contributed by atoms with van der Waals surface area (Å²) < 4.78 is 0. The van der Waals surface area contributed by atoms with E-state index in [9.17, 15) is 9.59 Å². The highest BCUT2D eigenvalue weighted by atomic mass is 35.5. The Balaban J connectivity index is 1.94. The van der Waals surface area contributed by atoms with Crippen molar-refractivity contribution in [2.75, 3.05) is 0 Å². The Bertz CT molecular complexity index is 832. The molecule has 2 rings (SSSR count). The summed E-state index contributed by atoms with van der Waals surface area (Å²) in [4.78, 5) is 24.8.